The number of fused-ring (bicyclic) bond motifs is 1. The van der Waals surface area contributed by atoms with E-state index in [9.17, 15) is 9.59 Å². The highest BCUT2D eigenvalue weighted by atomic mass is 35.5. The number of hydrogen-bond donors (Lipinski definition) is 1. The summed E-state index contributed by atoms with van der Waals surface area (Å²) in [6.45, 7) is 3.57. The SMILES string of the molecule is CCC(OC(=O)c1ccc2ncoc2c1)C(=O)Nc1cc(C)c(Cl)cc1OC. The summed E-state index contributed by atoms with van der Waals surface area (Å²) in [5.74, 6) is -0.669. The number of nitrogens with zero attached hydrogens (tertiary/aromatic N) is 1. The van der Waals surface area contributed by atoms with Crippen molar-refractivity contribution in [3.8, 4) is 5.75 Å². The van der Waals surface area contributed by atoms with Crippen molar-refractivity contribution in [3.63, 3.8) is 0 Å². The molecule has 0 aliphatic heterocycles. The number of halogens is 1. The van der Waals surface area contributed by atoms with Crippen LogP contribution >= 0.6 is 11.6 Å². The predicted molar refractivity (Wildman–Crippen MR) is 105 cm³/mol. The van der Waals surface area contributed by atoms with E-state index in [2.05, 4.69) is 10.3 Å². The molecule has 1 aromatic heterocycles. The molecule has 3 aromatic rings. The van der Waals surface area contributed by atoms with Gasteiger partial charge in [-0.1, -0.05) is 18.5 Å². The molecule has 1 heterocycles. The molecule has 1 N–H and O–H groups in total. The van der Waals surface area contributed by atoms with E-state index < -0.39 is 18.0 Å². The van der Waals surface area contributed by atoms with Gasteiger partial charge < -0.3 is 19.2 Å². The Bertz CT molecular complexity index is 1030. The number of aryl methyl sites for hydroxylation is 1. The summed E-state index contributed by atoms with van der Waals surface area (Å²) in [6, 6.07) is 8.07. The van der Waals surface area contributed by atoms with Crippen LogP contribution in [0.5, 0.6) is 5.75 Å². The molecule has 1 amide bonds. The van der Waals surface area contributed by atoms with Crippen molar-refractivity contribution >= 4 is 40.3 Å². The largest absolute Gasteiger partial charge is 0.495 e. The van der Waals surface area contributed by atoms with Gasteiger partial charge in [0.05, 0.1) is 18.4 Å². The molecule has 0 aliphatic carbocycles. The zero-order chi connectivity index (χ0) is 20.3. The molecular formula is C20H19ClN2O5. The van der Waals surface area contributed by atoms with Gasteiger partial charge >= 0.3 is 5.97 Å². The maximum absolute atomic E-state index is 12.6. The lowest BCUT2D eigenvalue weighted by Crippen LogP contribution is -2.32. The third-order valence-electron chi connectivity index (χ3n) is 4.22. The van der Waals surface area contributed by atoms with E-state index in [0.717, 1.165) is 5.56 Å². The first kappa shape index (κ1) is 19.7. The van der Waals surface area contributed by atoms with Crippen molar-refractivity contribution in [1.29, 1.82) is 0 Å². The molecule has 28 heavy (non-hydrogen) atoms. The number of hydrogen-bond acceptors (Lipinski definition) is 6. The summed E-state index contributed by atoms with van der Waals surface area (Å²) in [6.07, 6.45) is 0.624. The van der Waals surface area contributed by atoms with Gasteiger partial charge in [-0.3, -0.25) is 4.79 Å². The molecule has 0 bridgehead atoms. The Balaban J connectivity index is 1.74. The molecule has 8 heteroatoms. The van der Waals surface area contributed by atoms with Gasteiger partial charge in [0.1, 0.15) is 11.3 Å². The highest BCUT2D eigenvalue weighted by molar-refractivity contribution is 6.31. The van der Waals surface area contributed by atoms with Gasteiger partial charge in [0, 0.05) is 11.1 Å². The number of anilines is 1. The molecule has 0 radical (unpaired) electrons. The molecule has 1 atom stereocenters. The molecule has 0 aliphatic rings. The van der Waals surface area contributed by atoms with E-state index in [4.69, 9.17) is 25.5 Å². The standard InChI is InChI=1S/C20H19ClN2O5/c1-4-16(19(24)23-15-7-11(2)13(21)9-17(15)26-3)28-20(25)12-5-6-14-18(8-12)27-10-22-14/h5-10,16H,4H2,1-3H3,(H,23,24). The fourth-order valence-corrected chi connectivity index (χ4v) is 2.80. The first-order chi connectivity index (χ1) is 13.4. The summed E-state index contributed by atoms with van der Waals surface area (Å²) in [5.41, 5.74) is 2.60. The molecule has 2 aromatic carbocycles. The van der Waals surface area contributed by atoms with Gasteiger partial charge in [0.15, 0.2) is 18.1 Å². The average Bonchev–Trinajstić information content (AvgIpc) is 3.16. The first-order valence-electron chi connectivity index (χ1n) is 8.62. The number of oxazole rings is 1. The molecule has 7 nitrogen and oxygen atoms in total. The van der Waals surface area contributed by atoms with Crippen LogP contribution in [-0.4, -0.2) is 30.1 Å². The second-order valence-electron chi connectivity index (χ2n) is 6.13. The zero-order valence-electron chi connectivity index (χ0n) is 15.6. The van der Waals surface area contributed by atoms with Crippen molar-refractivity contribution in [2.45, 2.75) is 26.4 Å². The number of ether oxygens (including phenoxy) is 2. The fourth-order valence-electron chi connectivity index (χ4n) is 2.64. The summed E-state index contributed by atoms with van der Waals surface area (Å²) >= 11 is 6.09. The third kappa shape index (κ3) is 4.09. The number of benzene rings is 2. The minimum Gasteiger partial charge on any atom is -0.495 e. The van der Waals surface area contributed by atoms with Crippen molar-refractivity contribution < 1.29 is 23.5 Å². The van der Waals surface area contributed by atoms with Gasteiger partial charge in [-0.15, -0.1) is 0 Å². The van der Waals surface area contributed by atoms with Gasteiger partial charge in [0.25, 0.3) is 5.91 Å². The van der Waals surface area contributed by atoms with Crippen LogP contribution in [0, 0.1) is 6.92 Å². The highest BCUT2D eigenvalue weighted by Gasteiger charge is 2.23. The maximum atomic E-state index is 12.6. The Labute approximate surface area is 166 Å². The minimum absolute atomic E-state index is 0.274. The summed E-state index contributed by atoms with van der Waals surface area (Å²) in [4.78, 5) is 29.1. The van der Waals surface area contributed by atoms with E-state index in [1.165, 1.54) is 19.6 Å². The molecule has 0 spiro atoms. The molecule has 1 unspecified atom stereocenters. The molecule has 146 valence electrons. The second kappa shape index (κ2) is 8.31. The molecular weight excluding hydrogens is 384 g/mol. The highest BCUT2D eigenvalue weighted by Crippen LogP contribution is 2.31. The van der Waals surface area contributed by atoms with Gasteiger partial charge in [0.2, 0.25) is 0 Å². The molecule has 0 saturated carbocycles. The number of aromatic nitrogens is 1. The smallest absolute Gasteiger partial charge is 0.339 e. The molecule has 3 rings (SSSR count). The Morgan fingerprint density at radius 1 is 1.29 bits per heavy atom. The fraction of sp³-hybridized carbons (Fsp3) is 0.250. The zero-order valence-corrected chi connectivity index (χ0v) is 16.4. The normalized spacial score (nSPS) is 11.9. The summed E-state index contributed by atoms with van der Waals surface area (Å²) < 4.78 is 15.8. The molecule has 0 fully saturated rings. The Morgan fingerprint density at radius 2 is 2.07 bits per heavy atom. The summed E-state index contributed by atoms with van der Waals surface area (Å²) in [7, 11) is 1.48. The van der Waals surface area contributed by atoms with Crippen molar-refractivity contribution in [1.82, 2.24) is 4.98 Å². The van der Waals surface area contributed by atoms with Gasteiger partial charge in [-0.25, -0.2) is 9.78 Å². The van der Waals surface area contributed by atoms with E-state index in [0.29, 0.717) is 34.0 Å². The topological polar surface area (TPSA) is 90.7 Å². The van der Waals surface area contributed by atoms with Crippen LogP contribution < -0.4 is 10.1 Å². The van der Waals surface area contributed by atoms with E-state index >= 15 is 0 Å². The summed E-state index contributed by atoms with van der Waals surface area (Å²) in [5, 5.41) is 3.26. The average molecular weight is 403 g/mol. The predicted octanol–water partition coefficient (Wildman–Crippen LogP) is 4.37. The number of esters is 1. The van der Waals surface area contributed by atoms with Crippen LogP contribution in [0.25, 0.3) is 11.1 Å². The number of amides is 1. The van der Waals surface area contributed by atoms with E-state index in [-0.39, 0.29) is 5.56 Å². The van der Waals surface area contributed by atoms with Crippen LogP contribution in [0.2, 0.25) is 5.02 Å². The van der Waals surface area contributed by atoms with Crippen LogP contribution in [0.15, 0.2) is 41.1 Å². The van der Waals surface area contributed by atoms with Crippen LogP contribution in [-0.2, 0) is 9.53 Å². The number of methoxy groups -OCH3 is 1. The van der Waals surface area contributed by atoms with Crippen LogP contribution in [0.4, 0.5) is 5.69 Å². The van der Waals surface area contributed by atoms with Crippen molar-refractivity contribution in [2.24, 2.45) is 0 Å². The Morgan fingerprint density at radius 3 is 2.79 bits per heavy atom. The maximum Gasteiger partial charge on any atom is 0.339 e. The van der Waals surface area contributed by atoms with Crippen molar-refractivity contribution in [2.75, 3.05) is 12.4 Å². The first-order valence-corrected chi connectivity index (χ1v) is 9.00. The molecule has 0 saturated heterocycles. The van der Waals surface area contributed by atoms with Crippen LogP contribution in [0.3, 0.4) is 0 Å². The Kier molecular flexibility index (Phi) is 5.84. The minimum atomic E-state index is -0.974. The number of carbonyl (C=O) groups excluding carboxylic acids is 2. The van der Waals surface area contributed by atoms with Crippen LogP contribution in [0.1, 0.15) is 29.3 Å². The van der Waals surface area contributed by atoms with Gasteiger partial charge in [-0.2, -0.15) is 0 Å². The lowest BCUT2D eigenvalue weighted by molar-refractivity contribution is -0.124. The third-order valence-corrected chi connectivity index (χ3v) is 4.63. The van der Waals surface area contributed by atoms with Gasteiger partial charge in [-0.05, 0) is 43.2 Å². The van der Waals surface area contributed by atoms with E-state index in [1.807, 2.05) is 6.92 Å². The monoisotopic (exact) mass is 402 g/mol. The lowest BCUT2D eigenvalue weighted by atomic mass is 10.1. The Hall–Kier alpha value is -3.06. The van der Waals surface area contributed by atoms with Crippen molar-refractivity contribution in [3.05, 3.63) is 52.9 Å². The number of nitrogens with one attached hydrogen (secondary N) is 1. The number of rotatable bonds is 6. The second-order valence-corrected chi connectivity index (χ2v) is 6.54. The lowest BCUT2D eigenvalue weighted by Gasteiger charge is -2.18. The quantitative estimate of drug-likeness (QED) is 0.615. The van der Waals surface area contributed by atoms with E-state index in [1.54, 1.807) is 31.2 Å². The number of carbonyl (C=O) groups is 2.